The largest absolute Gasteiger partial charge is 0.497 e. The third-order valence-electron chi connectivity index (χ3n) is 4.65. The lowest BCUT2D eigenvalue weighted by atomic mass is 10.2. The quantitative estimate of drug-likeness (QED) is 0.368. The van der Waals surface area contributed by atoms with Gasteiger partial charge in [-0.3, -0.25) is 14.0 Å². The fourth-order valence-corrected chi connectivity index (χ4v) is 4.20. The molecule has 1 amide bonds. The molecule has 0 saturated carbocycles. The van der Waals surface area contributed by atoms with E-state index in [4.69, 9.17) is 18.9 Å². The fraction of sp³-hybridized carbons (Fsp3) is 0.292. The maximum absolute atomic E-state index is 13.3. The standard InChI is InChI=1S/C24H27N3O6S/c1-30-12-13-32-14-15-33-22-16-20(31-2)6-5-18(22)17-34(29)24-21(4-3-9-26-24)23(28)27-19-7-10-25-11-8-19/h3-11,16H,12-15,17H2,1-2H3,(H,25,27,28). The molecule has 34 heavy (non-hydrogen) atoms. The Bertz CT molecular complexity index is 1100. The molecule has 0 bridgehead atoms. The minimum Gasteiger partial charge on any atom is -0.497 e. The lowest BCUT2D eigenvalue weighted by molar-refractivity contribution is 0.0543. The predicted molar refractivity (Wildman–Crippen MR) is 128 cm³/mol. The van der Waals surface area contributed by atoms with Gasteiger partial charge in [0.15, 0.2) is 0 Å². The zero-order valence-electron chi connectivity index (χ0n) is 19.1. The summed E-state index contributed by atoms with van der Waals surface area (Å²) < 4.78 is 34.8. The van der Waals surface area contributed by atoms with E-state index in [0.717, 1.165) is 0 Å². The number of anilines is 1. The van der Waals surface area contributed by atoms with Crippen LogP contribution >= 0.6 is 0 Å². The molecule has 9 nitrogen and oxygen atoms in total. The highest BCUT2D eigenvalue weighted by molar-refractivity contribution is 7.84. The van der Waals surface area contributed by atoms with Crippen molar-refractivity contribution in [1.29, 1.82) is 0 Å². The van der Waals surface area contributed by atoms with Gasteiger partial charge in [0.2, 0.25) is 0 Å². The third-order valence-corrected chi connectivity index (χ3v) is 5.98. The number of hydrogen-bond acceptors (Lipinski definition) is 8. The number of rotatable bonds is 13. The van der Waals surface area contributed by atoms with Crippen molar-refractivity contribution in [3.8, 4) is 11.5 Å². The van der Waals surface area contributed by atoms with E-state index in [0.29, 0.717) is 49.2 Å². The molecule has 0 aliphatic rings. The SMILES string of the molecule is COCCOCCOc1cc(OC)ccc1CS(=O)c1ncccc1C(=O)Nc1ccncc1. The monoisotopic (exact) mass is 485 g/mol. The van der Waals surface area contributed by atoms with E-state index in [1.165, 1.54) is 6.20 Å². The second kappa shape index (κ2) is 13.4. The molecule has 1 unspecified atom stereocenters. The first-order valence-electron chi connectivity index (χ1n) is 10.5. The summed E-state index contributed by atoms with van der Waals surface area (Å²) in [5, 5.41) is 2.97. The number of carbonyl (C=O) groups excluding carboxylic acids is 1. The van der Waals surface area contributed by atoms with Gasteiger partial charge in [0.05, 0.1) is 49.0 Å². The highest BCUT2D eigenvalue weighted by Crippen LogP contribution is 2.27. The van der Waals surface area contributed by atoms with Crippen LogP contribution in [0, 0.1) is 0 Å². The summed E-state index contributed by atoms with van der Waals surface area (Å²) in [6.45, 7) is 1.66. The van der Waals surface area contributed by atoms with E-state index in [1.807, 2.05) is 0 Å². The average molecular weight is 486 g/mol. The normalized spacial score (nSPS) is 11.6. The van der Waals surface area contributed by atoms with Crippen LogP contribution in [-0.4, -0.2) is 60.7 Å². The lowest BCUT2D eigenvalue weighted by Crippen LogP contribution is -2.16. The first-order valence-corrected chi connectivity index (χ1v) is 11.9. The number of hydrogen-bond donors (Lipinski definition) is 1. The molecular weight excluding hydrogens is 458 g/mol. The number of carbonyl (C=O) groups is 1. The van der Waals surface area contributed by atoms with Crippen LogP contribution in [-0.2, 0) is 26.0 Å². The molecule has 0 radical (unpaired) electrons. The Morgan fingerprint density at radius 3 is 2.56 bits per heavy atom. The Morgan fingerprint density at radius 2 is 1.79 bits per heavy atom. The summed E-state index contributed by atoms with van der Waals surface area (Å²) >= 11 is 0. The highest BCUT2D eigenvalue weighted by Gasteiger charge is 2.19. The summed E-state index contributed by atoms with van der Waals surface area (Å²) in [7, 11) is 1.56. The molecule has 180 valence electrons. The van der Waals surface area contributed by atoms with Crippen molar-refractivity contribution < 1.29 is 28.0 Å². The van der Waals surface area contributed by atoms with E-state index in [-0.39, 0.29) is 16.3 Å². The highest BCUT2D eigenvalue weighted by atomic mass is 32.2. The minimum absolute atomic E-state index is 0.108. The second-order valence-electron chi connectivity index (χ2n) is 6.96. The first kappa shape index (κ1) is 25.3. The molecule has 10 heteroatoms. The van der Waals surface area contributed by atoms with Crippen LogP contribution in [0.5, 0.6) is 11.5 Å². The number of amides is 1. The van der Waals surface area contributed by atoms with Crippen LogP contribution in [0.4, 0.5) is 5.69 Å². The van der Waals surface area contributed by atoms with Gasteiger partial charge < -0.3 is 24.3 Å². The van der Waals surface area contributed by atoms with E-state index >= 15 is 0 Å². The van der Waals surface area contributed by atoms with Crippen LogP contribution in [0.1, 0.15) is 15.9 Å². The van der Waals surface area contributed by atoms with Crippen molar-refractivity contribution in [2.45, 2.75) is 10.8 Å². The Balaban J connectivity index is 1.73. The van der Waals surface area contributed by atoms with Crippen LogP contribution in [0.25, 0.3) is 0 Å². The van der Waals surface area contributed by atoms with Crippen molar-refractivity contribution >= 4 is 22.4 Å². The molecule has 0 fully saturated rings. The first-order chi connectivity index (χ1) is 16.6. The molecule has 1 aromatic carbocycles. The average Bonchev–Trinajstić information content (AvgIpc) is 2.87. The fourth-order valence-electron chi connectivity index (χ4n) is 2.96. The molecule has 1 atom stereocenters. The molecule has 2 heterocycles. The maximum Gasteiger partial charge on any atom is 0.258 e. The summed E-state index contributed by atoms with van der Waals surface area (Å²) in [6, 6.07) is 11.9. The number of nitrogens with one attached hydrogen (secondary N) is 1. The zero-order chi connectivity index (χ0) is 24.2. The Morgan fingerprint density at radius 1 is 1.00 bits per heavy atom. The van der Waals surface area contributed by atoms with Crippen molar-refractivity contribution in [2.24, 2.45) is 0 Å². The van der Waals surface area contributed by atoms with Gasteiger partial charge in [0, 0.05) is 43.0 Å². The molecule has 0 aliphatic carbocycles. The van der Waals surface area contributed by atoms with Gasteiger partial charge in [0.1, 0.15) is 23.1 Å². The summed E-state index contributed by atoms with van der Waals surface area (Å²) in [5.41, 5.74) is 1.52. The van der Waals surface area contributed by atoms with Crippen LogP contribution < -0.4 is 14.8 Å². The van der Waals surface area contributed by atoms with Gasteiger partial charge >= 0.3 is 0 Å². The van der Waals surface area contributed by atoms with Crippen molar-refractivity contribution in [3.63, 3.8) is 0 Å². The summed E-state index contributed by atoms with van der Waals surface area (Å²) in [6.07, 6.45) is 4.66. The van der Waals surface area contributed by atoms with Crippen molar-refractivity contribution in [2.75, 3.05) is 46.0 Å². The second-order valence-corrected chi connectivity index (χ2v) is 8.33. The van der Waals surface area contributed by atoms with Crippen LogP contribution in [0.2, 0.25) is 0 Å². The number of aromatic nitrogens is 2. The van der Waals surface area contributed by atoms with Gasteiger partial charge in [-0.1, -0.05) is 6.07 Å². The summed E-state index contributed by atoms with van der Waals surface area (Å²) in [4.78, 5) is 21.0. The number of benzene rings is 1. The van der Waals surface area contributed by atoms with Gasteiger partial charge in [0.25, 0.3) is 5.91 Å². The molecule has 3 rings (SSSR count). The topological polar surface area (TPSA) is 109 Å². The molecule has 2 aromatic heterocycles. The Hall–Kier alpha value is -3.34. The minimum atomic E-state index is -1.61. The Labute approximate surface area is 200 Å². The van der Waals surface area contributed by atoms with Crippen molar-refractivity contribution in [1.82, 2.24) is 9.97 Å². The third kappa shape index (κ3) is 7.34. The number of nitrogens with zero attached hydrogens (tertiary/aromatic N) is 2. The van der Waals surface area contributed by atoms with E-state index < -0.39 is 16.7 Å². The van der Waals surface area contributed by atoms with Gasteiger partial charge in [-0.05, 0) is 30.3 Å². The molecule has 0 aliphatic heterocycles. The predicted octanol–water partition coefficient (Wildman–Crippen LogP) is 3.09. The van der Waals surface area contributed by atoms with Crippen LogP contribution in [0.3, 0.4) is 0 Å². The molecule has 0 saturated heterocycles. The smallest absolute Gasteiger partial charge is 0.258 e. The van der Waals surface area contributed by atoms with Gasteiger partial charge in [-0.2, -0.15) is 0 Å². The van der Waals surface area contributed by atoms with Gasteiger partial charge in [-0.25, -0.2) is 4.98 Å². The summed E-state index contributed by atoms with van der Waals surface area (Å²) in [5.74, 6) is 0.847. The molecular formula is C24H27N3O6S. The van der Waals surface area contributed by atoms with E-state index in [9.17, 15) is 9.00 Å². The molecule has 0 spiro atoms. The Kier molecular flexibility index (Phi) is 9.96. The molecule has 1 N–H and O–H groups in total. The van der Waals surface area contributed by atoms with E-state index in [2.05, 4.69) is 15.3 Å². The van der Waals surface area contributed by atoms with Gasteiger partial charge in [-0.15, -0.1) is 0 Å². The maximum atomic E-state index is 13.3. The van der Waals surface area contributed by atoms with E-state index in [1.54, 1.807) is 69.1 Å². The number of pyridine rings is 2. The van der Waals surface area contributed by atoms with Crippen molar-refractivity contribution in [3.05, 3.63) is 72.2 Å². The number of ether oxygens (including phenoxy) is 4. The van der Waals surface area contributed by atoms with Crippen LogP contribution in [0.15, 0.2) is 66.1 Å². The lowest BCUT2D eigenvalue weighted by Gasteiger charge is -2.14. The molecule has 3 aromatic rings. The number of methoxy groups -OCH3 is 2. The zero-order valence-corrected chi connectivity index (χ0v) is 19.9.